The minimum absolute atomic E-state index is 0.322. The third kappa shape index (κ3) is 2.96. The second-order valence-corrected chi connectivity index (χ2v) is 6.34. The summed E-state index contributed by atoms with van der Waals surface area (Å²) in [4.78, 5) is 11.2. The molecule has 0 bridgehead atoms. The smallest absolute Gasteiger partial charge is 0.330 e. The van der Waals surface area contributed by atoms with Gasteiger partial charge in [-0.05, 0) is 27.2 Å². The van der Waals surface area contributed by atoms with Gasteiger partial charge in [0.25, 0.3) is 0 Å². The highest BCUT2D eigenvalue weighted by Crippen LogP contribution is 2.55. The van der Waals surface area contributed by atoms with Crippen LogP contribution in [0.15, 0.2) is 24.3 Å². The van der Waals surface area contributed by atoms with E-state index in [2.05, 4.69) is 0 Å². The van der Waals surface area contributed by atoms with Gasteiger partial charge >= 0.3 is 5.97 Å². The Morgan fingerprint density at radius 2 is 1.96 bits per heavy atom. The van der Waals surface area contributed by atoms with Crippen molar-refractivity contribution >= 4 is 5.97 Å². The molecule has 0 aliphatic carbocycles. The Kier molecular flexibility index (Phi) is 5.30. The number of carbonyl (C=O) groups is 1. The molecule has 0 amide bonds. The van der Waals surface area contributed by atoms with Crippen molar-refractivity contribution in [3.63, 3.8) is 0 Å². The van der Waals surface area contributed by atoms with Crippen LogP contribution in [0, 0.1) is 5.41 Å². The highest BCUT2D eigenvalue weighted by Gasteiger charge is 2.69. The Balaban J connectivity index is 2.06. The number of ether oxygens (including phenoxy) is 3. The van der Waals surface area contributed by atoms with E-state index in [1.165, 1.54) is 12.2 Å². The number of rotatable bonds is 5. The first-order valence-corrected chi connectivity index (χ1v) is 8.02. The molecule has 0 aromatic rings. The molecule has 2 saturated heterocycles. The van der Waals surface area contributed by atoms with Gasteiger partial charge in [-0.2, -0.15) is 0 Å². The van der Waals surface area contributed by atoms with Crippen LogP contribution in [0.1, 0.15) is 34.1 Å². The zero-order chi connectivity index (χ0) is 17.3. The van der Waals surface area contributed by atoms with Crippen LogP contribution in [0.4, 0.5) is 0 Å². The maximum Gasteiger partial charge on any atom is 0.330 e. The standard InChI is InChI=1S/C17H26O6/c1-5-12-17(4,20)16(3)14(19)11(22-15(16)23-12)9-7-8-10-13(18)21-6-2/h7-12,14-15,19-20H,5-6H2,1-4H3/b9-7+,10-8+/t11-,12-,14+,15+,16+,17+/m1/s1. The first-order chi connectivity index (χ1) is 10.8. The highest BCUT2D eigenvalue weighted by molar-refractivity contribution is 5.82. The summed E-state index contributed by atoms with van der Waals surface area (Å²) >= 11 is 0. The SMILES string of the molecule is CCOC(=O)/C=C/C=C/[C@H]1O[C@H]2O[C@H](CC)[C@](C)(O)[C@@]2(C)[C@H]1O. The van der Waals surface area contributed by atoms with Crippen molar-refractivity contribution in [1.29, 1.82) is 0 Å². The zero-order valence-corrected chi connectivity index (χ0v) is 14.1. The number of hydrogen-bond donors (Lipinski definition) is 2. The van der Waals surface area contributed by atoms with Gasteiger partial charge in [-0.25, -0.2) is 4.79 Å². The Bertz CT molecular complexity index is 497. The monoisotopic (exact) mass is 326 g/mol. The third-order valence-corrected chi connectivity index (χ3v) is 5.00. The van der Waals surface area contributed by atoms with Crippen molar-refractivity contribution in [2.75, 3.05) is 6.61 Å². The summed E-state index contributed by atoms with van der Waals surface area (Å²) in [5.41, 5.74) is -2.09. The van der Waals surface area contributed by atoms with Crippen molar-refractivity contribution in [3.05, 3.63) is 24.3 Å². The number of esters is 1. The number of aliphatic hydroxyl groups excluding tert-OH is 1. The van der Waals surface area contributed by atoms with Crippen LogP contribution in [0.3, 0.4) is 0 Å². The summed E-state index contributed by atoms with van der Waals surface area (Å²) < 4.78 is 16.3. The molecule has 0 saturated carbocycles. The molecule has 0 radical (unpaired) electrons. The van der Waals surface area contributed by atoms with Crippen LogP contribution in [0.2, 0.25) is 0 Å². The second-order valence-electron chi connectivity index (χ2n) is 6.34. The molecular formula is C17H26O6. The first-order valence-electron chi connectivity index (χ1n) is 8.02. The Morgan fingerprint density at radius 3 is 2.52 bits per heavy atom. The second kappa shape index (κ2) is 6.73. The van der Waals surface area contributed by atoms with Crippen LogP contribution < -0.4 is 0 Å². The lowest BCUT2D eigenvalue weighted by Crippen LogP contribution is -2.54. The average Bonchev–Trinajstić information content (AvgIpc) is 2.85. The predicted octanol–water partition coefficient (Wildman–Crippen LogP) is 1.31. The molecule has 2 heterocycles. The maximum absolute atomic E-state index is 11.2. The minimum Gasteiger partial charge on any atom is -0.463 e. The van der Waals surface area contributed by atoms with Crippen LogP contribution in [-0.4, -0.2) is 53.0 Å². The number of aliphatic hydroxyl groups is 2. The molecule has 0 aromatic heterocycles. The normalized spacial score (nSPS) is 43.4. The van der Waals surface area contributed by atoms with E-state index in [1.54, 1.807) is 32.9 Å². The van der Waals surface area contributed by atoms with Gasteiger partial charge in [-0.15, -0.1) is 0 Å². The quantitative estimate of drug-likeness (QED) is 0.450. The van der Waals surface area contributed by atoms with Crippen molar-refractivity contribution in [1.82, 2.24) is 0 Å². The van der Waals surface area contributed by atoms with Crippen molar-refractivity contribution in [2.45, 2.75) is 64.3 Å². The fourth-order valence-corrected chi connectivity index (χ4v) is 3.32. The summed E-state index contributed by atoms with van der Waals surface area (Å²) in [6.07, 6.45) is 4.15. The summed E-state index contributed by atoms with van der Waals surface area (Å²) in [5, 5.41) is 21.4. The molecule has 6 atom stereocenters. The maximum atomic E-state index is 11.2. The molecule has 6 nitrogen and oxygen atoms in total. The Labute approximate surface area is 136 Å². The minimum atomic E-state index is -1.19. The lowest BCUT2D eigenvalue weighted by Gasteiger charge is -2.38. The molecule has 6 heteroatoms. The van der Waals surface area contributed by atoms with Crippen LogP contribution in [0.5, 0.6) is 0 Å². The van der Waals surface area contributed by atoms with Crippen molar-refractivity contribution in [2.24, 2.45) is 5.41 Å². The number of carbonyl (C=O) groups excluding carboxylic acids is 1. The van der Waals surface area contributed by atoms with E-state index in [9.17, 15) is 15.0 Å². The molecule has 0 aromatic carbocycles. The van der Waals surface area contributed by atoms with E-state index < -0.39 is 35.5 Å². The molecule has 2 aliphatic heterocycles. The molecule has 0 spiro atoms. The largest absolute Gasteiger partial charge is 0.463 e. The van der Waals surface area contributed by atoms with Gasteiger partial charge in [0.05, 0.1) is 24.2 Å². The fraction of sp³-hybridized carbons (Fsp3) is 0.706. The summed E-state index contributed by atoms with van der Waals surface area (Å²) in [6.45, 7) is 7.44. The average molecular weight is 326 g/mol. The van der Waals surface area contributed by atoms with E-state index in [0.717, 1.165) is 0 Å². The lowest BCUT2D eigenvalue weighted by molar-refractivity contribution is -0.144. The van der Waals surface area contributed by atoms with E-state index in [-0.39, 0.29) is 6.10 Å². The summed E-state index contributed by atoms with van der Waals surface area (Å²) in [5.74, 6) is -0.425. The number of fused-ring (bicyclic) bond motifs is 1. The lowest BCUT2D eigenvalue weighted by atomic mass is 9.69. The van der Waals surface area contributed by atoms with Crippen LogP contribution in [0.25, 0.3) is 0 Å². The summed E-state index contributed by atoms with van der Waals surface area (Å²) in [6, 6.07) is 0. The molecule has 23 heavy (non-hydrogen) atoms. The van der Waals surface area contributed by atoms with Crippen LogP contribution in [-0.2, 0) is 19.0 Å². The van der Waals surface area contributed by atoms with Gasteiger partial charge in [0.1, 0.15) is 11.7 Å². The molecule has 2 N–H and O–H groups in total. The van der Waals surface area contributed by atoms with Crippen LogP contribution >= 0.6 is 0 Å². The van der Waals surface area contributed by atoms with Gasteiger partial charge in [0, 0.05) is 6.08 Å². The molecule has 2 fully saturated rings. The summed E-state index contributed by atoms with van der Waals surface area (Å²) in [7, 11) is 0. The van der Waals surface area contributed by atoms with Gasteiger partial charge < -0.3 is 24.4 Å². The third-order valence-electron chi connectivity index (χ3n) is 5.00. The zero-order valence-electron chi connectivity index (χ0n) is 14.1. The molecular weight excluding hydrogens is 300 g/mol. The van der Waals surface area contributed by atoms with Gasteiger partial charge in [-0.1, -0.05) is 25.2 Å². The van der Waals surface area contributed by atoms with Gasteiger partial charge in [0.15, 0.2) is 6.29 Å². The fourth-order valence-electron chi connectivity index (χ4n) is 3.32. The first kappa shape index (κ1) is 18.1. The van der Waals surface area contributed by atoms with E-state index in [4.69, 9.17) is 14.2 Å². The van der Waals surface area contributed by atoms with Crippen molar-refractivity contribution in [3.8, 4) is 0 Å². The Hall–Kier alpha value is -1.21. The highest BCUT2D eigenvalue weighted by atomic mass is 16.7. The topological polar surface area (TPSA) is 85.2 Å². The van der Waals surface area contributed by atoms with E-state index in [1.807, 2.05) is 6.92 Å². The number of hydrogen-bond acceptors (Lipinski definition) is 6. The van der Waals surface area contributed by atoms with Gasteiger partial charge in [-0.3, -0.25) is 0 Å². The molecule has 130 valence electrons. The van der Waals surface area contributed by atoms with Gasteiger partial charge in [0.2, 0.25) is 0 Å². The van der Waals surface area contributed by atoms with Crippen molar-refractivity contribution < 1.29 is 29.2 Å². The number of allylic oxidation sites excluding steroid dienone is 2. The van der Waals surface area contributed by atoms with E-state index in [0.29, 0.717) is 13.0 Å². The molecule has 2 rings (SSSR count). The van der Waals surface area contributed by atoms with E-state index >= 15 is 0 Å². The molecule has 0 unspecified atom stereocenters. The predicted molar refractivity (Wildman–Crippen MR) is 83.5 cm³/mol. The molecule has 2 aliphatic rings. The Morgan fingerprint density at radius 1 is 1.26 bits per heavy atom.